The number of unbranched alkanes of at least 4 members (excludes halogenated alkanes) is 1. The van der Waals surface area contributed by atoms with Gasteiger partial charge in [0.05, 0.1) is 0 Å². The van der Waals surface area contributed by atoms with E-state index in [1.54, 1.807) is 0 Å². The monoisotopic (exact) mass is 591 g/mol. The first kappa shape index (κ1) is 29.3. The second-order valence-electron chi connectivity index (χ2n) is 11.0. The Morgan fingerprint density at radius 1 is 0.545 bits per heavy atom. The highest BCUT2D eigenvalue weighted by atomic mass is 32.2. The molecule has 44 heavy (non-hydrogen) atoms. The summed E-state index contributed by atoms with van der Waals surface area (Å²) in [6.07, 6.45) is 5.44. The fraction of sp³-hybridized carbons (Fsp3) is 0.0976. The van der Waals surface area contributed by atoms with Gasteiger partial charge in [-0.25, -0.2) is 4.39 Å². The van der Waals surface area contributed by atoms with Crippen molar-refractivity contribution in [2.75, 3.05) is 0 Å². The quantitative estimate of drug-likeness (QED) is 0.124. The van der Waals surface area contributed by atoms with Crippen molar-refractivity contribution in [3.63, 3.8) is 0 Å². The van der Waals surface area contributed by atoms with E-state index < -0.39 is 0 Å². The minimum absolute atomic E-state index is 0.218. The average molecular weight is 592 g/mol. The van der Waals surface area contributed by atoms with Crippen LogP contribution in [0.3, 0.4) is 0 Å². The topological polar surface area (TPSA) is 23.9 Å². The summed E-state index contributed by atoms with van der Waals surface area (Å²) in [7, 11) is 0. The highest BCUT2D eigenvalue weighted by Gasteiger charge is 2.06. The number of rotatable bonds is 10. The van der Waals surface area contributed by atoms with Crippen molar-refractivity contribution in [3.05, 3.63) is 156 Å². The molecule has 3 heteroatoms. The lowest BCUT2D eigenvalue weighted by Crippen LogP contribution is -1.85. The number of benzene rings is 6. The first-order chi connectivity index (χ1) is 21.6. The van der Waals surface area contributed by atoms with Gasteiger partial charge in [-0.2, -0.15) is 0 Å². The van der Waals surface area contributed by atoms with Crippen LogP contribution in [0.4, 0.5) is 4.39 Å². The minimum atomic E-state index is -0.218. The molecule has 0 bridgehead atoms. The summed E-state index contributed by atoms with van der Waals surface area (Å²) in [5.41, 5.74) is 10.6. The fourth-order valence-electron chi connectivity index (χ4n) is 5.38. The third-order valence-electron chi connectivity index (χ3n) is 7.95. The summed E-state index contributed by atoms with van der Waals surface area (Å²) in [5.74, 6) is 0.739. The van der Waals surface area contributed by atoms with Crippen molar-refractivity contribution in [2.24, 2.45) is 0 Å². The molecule has 1 nitrogen and oxygen atoms in total. The maximum atomic E-state index is 13.3. The number of thioether (sulfide) groups is 1. The normalized spacial score (nSPS) is 11.5. The Hall–Kier alpha value is -4.73. The molecule has 0 aliphatic carbocycles. The Bertz CT molecular complexity index is 1900. The second-order valence-corrected chi connectivity index (χ2v) is 12.2. The Morgan fingerprint density at radius 3 is 1.39 bits per heavy atom. The molecule has 6 rings (SSSR count). The van der Waals surface area contributed by atoms with Crippen molar-refractivity contribution < 1.29 is 4.39 Å². The molecule has 0 saturated heterocycles. The number of allylic oxidation sites excluding steroid dienone is 2. The van der Waals surface area contributed by atoms with Crippen molar-refractivity contribution >= 4 is 28.7 Å². The first-order valence-corrected chi connectivity index (χ1v) is 15.9. The van der Waals surface area contributed by atoms with Crippen LogP contribution in [0.2, 0.25) is 0 Å². The molecule has 0 amide bonds. The van der Waals surface area contributed by atoms with Crippen molar-refractivity contribution in [1.82, 2.24) is 0 Å². The lowest BCUT2D eigenvalue weighted by atomic mass is 9.96. The number of halogens is 1. The molecule has 0 unspecified atom stereocenters. The maximum Gasteiger partial charge on any atom is 0.123 e. The van der Waals surface area contributed by atoms with E-state index in [1.807, 2.05) is 23.9 Å². The maximum absolute atomic E-state index is 13.3. The van der Waals surface area contributed by atoms with Gasteiger partial charge < -0.3 is 5.41 Å². The summed E-state index contributed by atoms with van der Waals surface area (Å²) in [6.45, 7) is 2.15. The standard InChI is InChI=1S/C41H34FNS/c1-29(4-2-3-25-43)44-28-30-5-7-35(8-6-30)37-17-19-40-27-38(18-20-39(40)26-37)36-15-13-32(14-16-36)31-9-11-33(12-10-31)34-21-23-41(42)24-22-34/h4-27,43H,2-3,28H2,1H3/b29-4+,43-25?. The number of nitrogens with one attached hydrogen (secondary N) is 1. The number of hydrogen-bond acceptors (Lipinski definition) is 2. The van der Waals surface area contributed by atoms with E-state index in [2.05, 4.69) is 122 Å². The van der Waals surface area contributed by atoms with Gasteiger partial charge in [-0.05, 0) is 116 Å². The predicted octanol–water partition coefficient (Wildman–Crippen LogP) is 12.2. The summed E-state index contributed by atoms with van der Waals surface area (Å²) in [4.78, 5) is 1.31. The molecule has 216 valence electrons. The molecule has 6 aromatic carbocycles. The Morgan fingerprint density at radius 2 is 0.932 bits per heavy atom. The van der Waals surface area contributed by atoms with Crippen LogP contribution in [0.25, 0.3) is 55.3 Å². The molecule has 0 aliphatic rings. The molecule has 0 aromatic heterocycles. The lowest BCUT2D eigenvalue weighted by molar-refractivity contribution is 0.628. The predicted molar refractivity (Wildman–Crippen MR) is 189 cm³/mol. The molecule has 0 radical (unpaired) electrons. The van der Waals surface area contributed by atoms with Gasteiger partial charge in [0.25, 0.3) is 0 Å². The molecule has 0 atom stereocenters. The summed E-state index contributed by atoms with van der Waals surface area (Å²) in [6, 6.07) is 46.0. The first-order valence-electron chi connectivity index (χ1n) is 14.9. The van der Waals surface area contributed by atoms with Crippen LogP contribution in [0.15, 0.2) is 144 Å². The molecule has 1 N–H and O–H groups in total. The van der Waals surface area contributed by atoms with E-state index in [0.29, 0.717) is 0 Å². The molecule has 0 aliphatic heterocycles. The van der Waals surface area contributed by atoms with Crippen molar-refractivity contribution in [2.45, 2.75) is 25.5 Å². The zero-order chi connectivity index (χ0) is 30.3. The largest absolute Gasteiger partial charge is 0.313 e. The van der Waals surface area contributed by atoms with Crippen LogP contribution in [0, 0.1) is 11.2 Å². The van der Waals surface area contributed by atoms with E-state index in [-0.39, 0.29) is 5.82 Å². The van der Waals surface area contributed by atoms with Gasteiger partial charge >= 0.3 is 0 Å². The van der Waals surface area contributed by atoms with Crippen molar-refractivity contribution in [1.29, 1.82) is 5.41 Å². The van der Waals surface area contributed by atoms with Crippen LogP contribution in [-0.4, -0.2) is 6.21 Å². The Labute approximate surface area is 263 Å². The summed E-state index contributed by atoms with van der Waals surface area (Å²) < 4.78 is 13.3. The van der Waals surface area contributed by atoms with Gasteiger partial charge in [0, 0.05) is 5.75 Å². The summed E-state index contributed by atoms with van der Waals surface area (Å²) >= 11 is 1.86. The van der Waals surface area contributed by atoms with E-state index >= 15 is 0 Å². The molecule has 0 spiro atoms. The molecule has 6 aromatic rings. The average Bonchev–Trinajstić information content (AvgIpc) is 3.08. The van der Waals surface area contributed by atoms with E-state index in [9.17, 15) is 4.39 Å². The zero-order valence-electron chi connectivity index (χ0n) is 24.8. The van der Waals surface area contributed by atoms with Gasteiger partial charge in [-0.1, -0.05) is 115 Å². The van der Waals surface area contributed by atoms with Crippen LogP contribution < -0.4 is 0 Å². The third kappa shape index (κ3) is 7.07. The van der Waals surface area contributed by atoms with Crippen LogP contribution in [-0.2, 0) is 5.75 Å². The molecule has 0 fully saturated rings. The molecular formula is C41H34FNS. The van der Waals surface area contributed by atoms with Gasteiger partial charge in [-0.15, -0.1) is 11.8 Å². The van der Waals surface area contributed by atoms with Crippen LogP contribution >= 0.6 is 11.8 Å². The molecular weight excluding hydrogens is 558 g/mol. The van der Waals surface area contributed by atoms with Crippen LogP contribution in [0.1, 0.15) is 25.3 Å². The minimum Gasteiger partial charge on any atom is -0.313 e. The number of hydrogen-bond donors (Lipinski definition) is 1. The smallest absolute Gasteiger partial charge is 0.123 e. The highest BCUT2D eigenvalue weighted by Crippen LogP contribution is 2.31. The Kier molecular flexibility index (Phi) is 9.14. The second kappa shape index (κ2) is 13.7. The molecule has 0 heterocycles. The SMILES string of the molecule is C/C(=C\CCC=N)SCc1ccc(-c2ccc3cc(-c4ccc(-c5ccc(-c6ccc(F)cc6)cc5)cc4)ccc3c2)cc1. The molecule has 0 saturated carbocycles. The van der Waals surface area contributed by atoms with Crippen LogP contribution in [0.5, 0.6) is 0 Å². The summed E-state index contributed by atoms with van der Waals surface area (Å²) in [5, 5.41) is 9.61. The van der Waals surface area contributed by atoms with E-state index in [1.165, 1.54) is 67.4 Å². The third-order valence-corrected chi connectivity index (χ3v) is 9.05. The highest BCUT2D eigenvalue weighted by molar-refractivity contribution is 8.02. The van der Waals surface area contributed by atoms with Gasteiger partial charge in [0.2, 0.25) is 0 Å². The van der Waals surface area contributed by atoms with Crippen molar-refractivity contribution in [3.8, 4) is 44.5 Å². The Balaban J connectivity index is 1.12. The fourth-order valence-corrected chi connectivity index (χ4v) is 6.20. The van der Waals surface area contributed by atoms with E-state index in [0.717, 1.165) is 35.3 Å². The van der Waals surface area contributed by atoms with Gasteiger partial charge in [0.1, 0.15) is 5.82 Å². The lowest BCUT2D eigenvalue weighted by Gasteiger charge is -2.09. The number of fused-ring (bicyclic) bond motifs is 1. The van der Waals surface area contributed by atoms with Gasteiger partial charge in [-0.3, -0.25) is 0 Å². The van der Waals surface area contributed by atoms with Gasteiger partial charge in [0.15, 0.2) is 0 Å². The van der Waals surface area contributed by atoms with E-state index in [4.69, 9.17) is 5.41 Å². The zero-order valence-corrected chi connectivity index (χ0v) is 25.6.